The number of benzene rings is 2. The largest absolute Gasteiger partial charge is 0.335 e. The lowest BCUT2D eigenvalue weighted by molar-refractivity contribution is 0.366. The van der Waals surface area contributed by atoms with Crippen molar-refractivity contribution in [2.75, 3.05) is 23.7 Å². The molecule has 2 aliphatic rings. The molecule has 2 unspecified atom stereocenters. The Morgan fingerprint density at radius 2 is 1.75 bits per heavy atom. The molecule has 2 aromatic carbocycles. The number of fused-ring (bicyclic) bond motifs is 3. The zero-order valence-corrected chi connectivity index (χ0v) is 22.1. The third kappa shape index (κ3) is 3.76. The van der Waals surface area contributed by atoms with E-state index in [2.05, 4.69) is 4.90 Å². The minimum absolute atomic E-state index is 0.0285. The topological polar surface area (TPSA) is 83.7 Å². The molecule has 2 aliphatic heterocycles. The molecular weight excluding hydrogens is 519 g/mol. The Bertz CT molecular complexity index is 1590. The summed E-state index contributed by atoms with van der Waals surface area (Å²) in [6, 6.07) is 15.1. The molecule has 0 N–H and O–H groups in total. The van der Waals surface area contributed by atoms with Crippen LogP contribution in [-0.4, -0.2) is 63.2 Å². The fourth-order valence-corrected chi connectivity index (χ4v) is 7.00. The van der Waals surface area contributed by atoms with Gasteiger partial charge in [0.1, 0.15) is 11.5 Å². The van der Waals surface area contributed by atoms with Crippen molar-refractivity contribution in [3.8, 4) is 22.4 Å². The molecule has 2 bridgehead atoms. The SMILES string of the molecule is CCS(=O)(=O)N1CC2CC1CN2c1nc(C)nc2c(-c3ccc(Cl)cc3)c(-c3ccccc3Cl)nn12. The molecule has 186 valence electrons. The second-order valence-electron chi connectivity index (χ2n) is 9.18. The van der Waals surface area contributed by atoms with Crippen LogP contribution in [0.3, 0.4) is 0 Å². The molecule has 0 amide bonds. The molecule has 6 rings (SSSR count). The number of rotatable bonds is 5. The molecule has 8 nitrogen and oxygen atoms in total. The minimum Gasteiger partial charge on any atom is -0.335 e. The molecule has 2 fully saturated rings. The third-order valence-corrected chi connectivity index (χ3v) is 9.48. The van der Waals surface area contributed by atoms with Gasteiger partial charge in [-0.25, -0.2) is 13.4 Å². The number of hydrogen-bond acceptors (Lipinski definition) is 6. The molecule has 0 aliphatic carbocycles. The van der Waals surface area contributed by atoms with E-state index < -0.39 is 10.0 Å². The van der Waals surface area contributed by atoms with Crippen LogP contribution in [0, 0.1) is 6.92 Å². The van der Waals surface area contributed by atoms with Gasteiger partial charge in [-0.1, -0.05) is 53.5 Å². The van der Waals surface area contributed by atoms with Gasteiger partial charge in [-0.05, 0) is 44.0 Å². The molecule has 4 heterocycles. The van der Waals surface area contributed by atoms with E-state index in [4.69, 9.17) is 38.3 Å². The summed E-state index contributed by atoms with van der Waals surface area (Å²) >= 11 is 12.8. The number of nitrogens with zero attached hydrogens (tertiary/aromatic N) is 6. The average molecular weight is 543 g/mol. The van der Waals surface area contributed by atoms with E-state index in [1.807, 2.05) is 55.5 Å². The van der Waals surface area contributed by atoms with Crippen LogP contribution in [0.1, 0.15) is 19.2 Å². The second kappa shape index (κ2) is 8.69. The van der Waals surface area contributed by atoms with Gasteiger partial charge in [0.2, 0.25) is 16.0 Å². The van der Waals surface area contributed by atoms with Crippen molar-refractivity contribution < 1.29 is 8.42 Å². The van der Waals surface area contributed by atoms with E-state index in [9.17, 15) is 8.42 Å². The monoisotopic (exact) mass is 542 g/mol. The number of aryl methyl sites for hydroxylation is 1. The molecule has 36 heavy (non-hydrogen) atoms. The van der Waals surface area contributed by atoms with Crippen LogP contribution in [-0.2, 0) is 10.0 Å². The van der Waals surface area contributed by atoms with Crippen molar-refractivity contribution in [1.29, 1.82) is 0 Å². The summed E-state index contributed by atoms with van der Waals surface area (Å²) in [6.07, 6.45) is 0.770. The molecular formula is C25H24Cl2N6O2S. The zero-order chi connectivity index (χ0) is 25.2. The van der Waals surface area contributed by atoms with E-state index in [0.717, 1.165) is 23.1 Å². The lowest BCUT2D eigenvalue weighted by atomic mass is 10.0. The summed E-state index contributed by atoms with van der Waals surface area (Å²) in [5.41, 5.74) is 3.91. The highest BCUT2D eigenvalue weighted by Crippen LogP contribution is 2.41. The highest BCUT2D eigenvalue weighted by molar-refractivity contribution is 7.89. The van der Waals surface area contributed by atoms with Crippen molar-refractivity contribution >= 4 is 44.8 Å². The Morgan fingerprint density at radius 1 is 1.00 bits per heavy atom. The van der Waals surface area contributed by atoms with Gasteiger partial charge in [-0.3, -0.25) is 0 Å². The fraction of sp³-hybridized carbons (Fsp3) is 0.320. The Morgan fingerprint density at radius 3 is 2.42 bits per heavy atom. The van der Waals surface area contributed by atoms with E-state index in [0.29, 0.717) is 46.2 Å². The third-order valence-electron chi connectivity index (χ3n) is 7.01. The standard InChI is InChI=1S/C25H24Cl2N6O2S/c1-3-36(34,35)32-14-18-12-19(32)13-31(18)25-29-15(2)28-24-22(16-8-10-17(26)11-9-16)23(30-33(24)25)20-6-4-5-7-21(20)27/h4-11,18-19H,3,12-14H2,1-2H3. The van der Waals surface area contributed by atoms with Crippen LogP contribution < -0.4 is 4.90 Å². The Balaban J connectivity index is 1.53. The lowest BCUT2D eigenvalue weighted by Gasteiger charge is -2.33. The van der Waals surface area contributed by atoms with E-state index in [-0.39, 0.29) is 17.8 Å². The maximum atomic E-state index is 12.6. The molecule has 2 aromatic heterocycles. The van der Waals surface area contributed by atoms with Crippen LogP contribution in [0.5, 0.6) is 0 Å². The minimum atomic E-state index is -3.24. The second-order valence-corrected chi connectivity index (χ2v) is 12.2. The molecule has 2 saturated heterocycles. The van der Waals surface area contributed by atoms with Crippen LogP contribution in [0.15, 0.2) is 48.5 Å². The normalized spacial score (nSPS) is 20.1. The summed E-state index contributed by atoms with van der Waals surface area (Å²) in [6.45, 7) is 4.56. The first-order valence-corrected chi connectivity index (χ1v) is 14.2. The fourth-order valence-electron chi connectivity index (χ4n) is 5.31. The molecule has 0 radical (unpaired) electrons. The number of anilines is 1. The summed E-state index contributed by atoms with van der Waals surface area (Å²) in [5.74, 6) is 1.38. The van der Waals surface area contributed by atoms with Crippen molar-refractivity contribution in [1.82, 2.24) is 23.9 Å². The Hall–Kier alpha value is -2.72. The van der Waals surface area contributed by atoms with Crippen molar-refractivity contribution in [2.45, 2.75) is 32.4 Å². The van der Waals surface area contributed by atoms with E-state index >= 15 is 0 Å². The molecule has 0 spiro atoms. The van der Waals surface area contributed by atoms with Crippen LogP contribution >= 0.6 is 23.2 Å². The molecule has 4 aromatic rings. The molecule has 11 heteroatoms. The van der Waals surface area contributed by atoms with E-state index in [1.165, 1.54) is 0 Å². The smallest absolute Gasteiger partial charge is 0.230 e. The maximum absolute atomic E-state index is 12.6. The summed E-state index contributed by atoms with van der Waals surface area (Å²) in [4.78, 5) is 11.7. The number of sulfonamides is 1. The van der Waals surface area contributed by atoms with Crippen LogP contribution in [0.2, 0.25) is 10.0 Å². The highest BCUT2D eigenvalue weighted by Gasteiger charge is 2.48. The van der Waals surface area contributed by atoms with Gasteiger partial charge in [0.25, 0.3) is 0 Å². The van der Waals surface area contributed by atoms with Gasteiger partial charge in [0, 0.05) is 35.8 Å². The van der Waals surface area contributed by atoms with Crippen molar-refractivity contribution in [2.24, 2.45) is 0 Å². The Kier molecular flexibility index (Phi) is 5.71. The van der Waals surface area contributed by atoms with Gasteiger partial charge < -0.3 is 4.90 Å². The first-order chi connectivity index (χ1) is 17.3. The summed E-state index contributed by atoms with van der Waals surface area (Å²) in [5, 5.41) is 6.22. The average Bonchev–Trinajstić information content (AvgIpc) is 3.57. The lowest BCUT2D eigenvalue weighted by Crippen LogP contribution is -2.50. The predicted octanol–water partition coefficient (Wildman–Crippen LogP) is 4.69. The van der Waals surface area contributed by atoms with Gasteiger partial charge in [0.15, 0.2) is 5.65 Å². The van der Waals surface area contributed by atoms with Crippen molar-refractivity contribution in [3.05, 3.63) is 64.4 Å². The van der Waals surface area contributed by atoms with Crippen LogP contribution in [0.4, 0.5) is 5.95 Å². The first-order valence-electron chi connectivity index (χ1n) is 11.8. The number of halogens is 2. The maximum Gasteiger partial charge on any atom is 0.230 e. The molecule has 2 atom stereocenters. The summed E-state index contributed by atoms with van der Waals surface area (Å²) < 4.78 is 28.5. The number of piperazine rings is 1. The van der Waals surface area contributed by atoms with Crippen LogP contribution in [0.25, 0.3) is 28.0 Å². The van der Waals surface area contributed by atoms with E-state index in [1.54, 1.807) is 15.7 Å². The van der Waals surface area contributed by atoms with Crippen molar-refractivity contribution in [3.63, 3.8) is 0 Å². The quantitative estimate of drug-likeness (QED) is 0.364. The summed E-state index contributed by atoms with van der Waals surface area (Å²) in [7, 11) is -3.24. The first kappa shape index (κ1) is 23.7. The zero-order valence-electron chi connectivity index (χ0n) is 19.8. The highest BCUT2D eigenvalue weighted by atomic mass is 35.5. The Labute approximate surface area is 219 Å². The van der Waals surface area contributed by atoms with Gasteiger partial charge in [0.05, 0.1) is 16.3 Å². The number of aromatic nitrogens is 4. The van der Waals surface area contributed by atoms with Gasteiger partial charge in [-0.15, -0.1) is 0 Å². The van der Waals surface area contributed by atoms with Gasteiger partial charge in [-0.2, -0.15) is 18.9 Å². The van der Waals surface area contributed by atoms with Gasteiger partial charge >= 0.3 is 0 Å². The molecule has 0 saturated carbocycles. The number of hydrogen-bond donors (Lipinski definition) is 0. The predicted molar refractivity (Wildman–Crippen MR) is 142 cm³/mol.